The van der Waals surface area contributed by atoms with Crippen molar-refractivity contribution < 1.29 is 4.79 Å². The van der Waals surface area contributed by atoms with E-state index in [1.54, 1.807) is 19.2 Å². The molecule has 1 aromatic rings. The van der Waals surface area contributed by atoms with E-state index in [4.69, 9.17) is 0 Å². The number of carbonyl (C=O) groups is 1. The molecule has 2 N–H and O–H groups in total. The highest BCUT2D eigenvalue weighted by Gasteiger charge is 2.08. The van der Waals surface area contributed by atoms with Crippen LogP contribution in [0.1, 0.15) is 43.6 Å². The Balaban J connectivity index is 2.64. The van der Waals surface area contributed by atoms with Gasteiger partial charge >= 0.3 is 0 Å². The zero-order valence-corrected chi connectivity index (χ0v) is 10.7. The predicted octanol–water partition coefficient (Wildman–Crippen LogP) is 1.83. The number of hydrogen-bond donors (Lipinski definition) is 2. The Morgan fingerprint density at radius 2 is 2.12 bits per heavy atom. The lowest BCUT2D eigenvalue weighted by Gasteiger charge is -2.16. The van der Waals surface area contributed by atoms with Gasteiger partial charge in [0, 0.05) is 13.1 Å². The molecule has 0 aliphatic heterocycles. The number of amides is 1. The van der Waals surface area contributed by atoms with Gasteiger partial charge in [-0.2, -0.15) is 0 Å². The van der Waals surface area contributed by atoms with Crippen LogP contribution in [0.15, 0.2) is 12.1 Å². The summed E-state index contributed by atoms with van der Waals surface area (Å²) < 4.78 is 0. The maximum absolute atomic E-state index is 11.3. The van der Waals surface area contributed by atoms with E-state index in [2.05, 4.69) is 34.7 Å². The lowest BCUT2D eigenvalue weighted by atomic mass is 10.1. The van der Waals surface area contributed by atoms with Crippen LogP contribution >= 0.6 is 0 Å². The van der Waals surface area contributed by atoms with Gasteiger partial charge in [0.25, 0.3) is 5.91 Å². The molecule has 1 aromatic heterocycles. The number of nitrogens with one attached hydrogen (secondary N) is 2. The summed E-state index contributed by atoms with van der Waals surface area (Å²) in [4.78, 5) is 11.3. The molecule has 17 heavy (non-hydrogen) atoms. The second-order valence-electron chi connectivity index (χ2n) is 3.92. The van der Waals surface area contributed by atoms with Gasteiger partial charge in [-0.25, -0.2) is 0 Å². The van der Waals surface area contributed by atoms with Gasteiger partial charge in [0.15, 0.2) is 5.69 Å². The van der Waals surface area contributed by atoms with Crippen LogP contribution in [-0.4, -0.2) is 29.2 Å². The van der Waals surface area contributed by atoms with Crippen LogP contribution in [0.25, 0.3) is 0 Å². The van der Waals surface area contributed by atoms with Crippen molar-refractivity contribution in [1.82, 2.24) is 15.5 Å². The molecular weight excluding hydrogens is 216 g/mol. The van der Waals surface area contributed by atoms with Crippen molar-refractivity contribution >= 4 is 11.7 Å². The summed E-state index contributed by atoms with van der Waals surface area (Å²) in [6.45, 7) is 4.30. The van der Waals surface area contributed by atoms with Crippen molar-refractivity contribution in [1.29, 1.82) is 0 Å². The van der Waals surface area contributed by atoms with Gasteiger partial charge in [0.05, 0.1) is 0 Å². The Morgan fingerprint density at radius 1 is 1.35 bits per heavy atom. The first kappa shape index (κ1) is 13.4. The number of hydrogen-bond acceptors (Lipinski definition) is 4. The van der Waals surface area contributed by atoms with Crippen LogP contribution in [-0.2, 0) is 0 Å². The van der Waals surface area contributed by atoms with Crippen LogP contribution in [0.4, 0.5) is 5.82 Å². The number of anilines is 1. The molecule has 0 saturated carbocycles. The van der Waals surface area contributed by atoms with E-state index in [1.807, 2.05) is 0 Å². The van der Waals surface area contributed by atoms with E-state index < -0.39 is 0 Å². The number of nitrogens with zero attached hydrogens (tertiary/aromatic N) is 2. The summed E-state index contributed by atoms with van der Waals surface area (Å²) >= 11 is 0. The van der Waals surface area contributed by atoms with E-state index in [0.717, 1.165) is 25.1 Å². The lowest BCUT2D eigenvalue weighted by Crippen LogP contribution is -2.21. The molecule has 1 rings (SSSR count). The SMILES string of the molecule is CCCC(CC)Nc1ccc(C(=O)NC)nn1. The summed E-state index contributed by atoms with van der Waals surface area (Å²) in [6.07, 6.45) is 3.29. The van der Waals surface area contributed by atoms with Crippen LogP contribution in [0.3, 0.4) is 0 Å². The summed E-state index contributed by atoms with van der Waals surface area (Å²) in [5, 5.41) is 13.7. The molecule has 0 fully saturated rings. The van der Waals surface area contributed by atoms with E-state index in [1.165, 1.54) is 0 Å². The summed E-state index contributed by atoms with van der Waals surface area (Å²) in [7, 11) is 1.57. The summed E-state index contributed by atoms with van der Waals surface area (Å²) in [5.74, 6) is 0.502. The van der Waals surface area contributed by atoms with Gasteiger partial charge in [-0.1, -0.05) is 20.3 Å². The van der Waals surface area contributed by atoms with E-state index in [0.29, 0.717) is 11.7 Å². The van der Waals surface area contributed by atoms with Gasteiger partial charge in [0.2, 0.25) is 0 Å². The van der Waals surface area contributed by atoms with Crippen molar-refractivity contribution in [3.63, 3.8) is 0 Å². The Bertz CT molecular complexity index is 350. The molecule has 0 radical (unpaired) electrons. The first-order valence-electron chi connectivity index (χ1n) is 6.03. The van der Waals surface area contributed by atoms with E-state index >= 15 is 0 Å². The molecule has 0 aromatic carbocycles. The highest BCUT2D eigenvalue weighted by molar-refractivity contribution is 5.91. The predicted molar refractivity (Wildman–Crippen MR) is 68.0 cm³/mol. The summed E-state index contributed by atoms with van der Waals surface area (Å²) in [6, 6.07) is 3.88. The molecule has 5 heteroatoms. The van der Waals surface area contributed by atoms with Crippen LogP contribution < -0.4 is 10.6 Å². The zero-order valence-electron chi connectivity index (χ0n) is 10.7. The molecule has 1 atom stereocenters. The number of aromatic nitrogens is 2. The van der Waals surface area contributed by atoms with E-state index in [9.17, 15) is 4.79 Å². The van der Waals surface area contributed by atoms with Gasteiger partial charge in [-0.15, -0.1) is 10.2 Å². The molecule has 0 bridgehead atoms. The average Bonchev–Trinajstić information content (AvgIpc) is 2.38. The van der Waals surface area contributed by atoms with Crippen molar-refractivity contribution in [3.8, 4) is 0 Å². The summed E-state index contributed by atoms with van der Waals surface area (Å²) in [5.41, 5.74) is 0.335. The normalized spacial score (nSPS) is 11.9. The number of rotatable bonds is 6. The van der Waals surface area contributed by atoms with Crippen molar-refractivity contribution in [2.45, 2.75) is 39.2 Å². The molecule has 1 heterocycles. The molecule has 5 nitrogen and oxygen atoms in total. The molecule has 94 valence electrons. The highest BCUT2D eigenvalue weighted by atomic mass is 16.1. The third-order valence-electron chi connectivity index (χ3n) is 2.61. The lowest BCUT2D eigenvalue weighted by molar-refractivity contribution is 0.0957. The van der Waals surface area contributed by atoms with Crippen LogP contribution in [0.2, 0.25) is 0 Å². The van der Waals surface area contributed by atoms with Crippen molar-refractivity contribution in [2.75, 3.05) is 12.4 Å². The third kappa shape index (κ3) is 4.01. The number of carbonyl (C=O) groups excluding carboxylic acids is 1. The fourth-order valence-corrected chi connectivity index (χ4v) is 1.59. The second kappa shape index (κ2) is 6.83. The molecule has 0 aliphatic carbocycles. The minimum Gasteiger partial charge on any atom is -0.366 e. The van der Waals surface area contributed by atoms with E-state index in [-0.39, 0.29) is 5.91 Å². The Labute approximate surface area is 102 Å². The molecule has 0 spiro atoms. The standard InChI is InChI=1S/C12H20N4O/c1-4-6-9(5-2)14-11-8-7-10(15-16-11)12(17)13-3/h7-9H,4-6H2,1-3H3,(H,13,17)(H,14,16). The monoisotopic (exact) mass is 236 g/mol. The molecule has 0 saturated heterocycles. The fraction of sp³-hybridized carbons (Fsp3) is 0.583. The molecule has 1 unspecified atom stereocenters. The average molecular weight is 236 g/mol. The minimum atomic E-state index is -0.218. The first-order valence-corrected chi connectivity index (χ1v) is 6.03. The Hall–Kier alpha value is -1.65. The van der Waals surface area contributed by atoms with Gasteiger partial charge in [0.1, 0.15) is 5.82 Å². The van der Waals surface area contributed by atoms with Crippen molar-refractivity contribution in [2.24, 2.45) is 0 Å². The molecular formula is C12H20N4O. The van der Waals surface area contributed by atoms with Crippen LogP contribution in [0.5, 0.6) is 0 Å². The maximum Gasteiger partial charge on any atom is 0.271 e. The highest BCUT2D eigenvalue weighted by Crippen LogP contribution is 2.09. The molecule has 0 aliphatic rings. The largest absolute Gasteiger partial charge is 0.366 e. The van der Waals surface area contributed by atoms with Crippen molar-refractivity contribution in [3.05, 3.63) is 17.8 Å². The van der Waals surface area contributed by atoms with Crippen LogP contribution in [0, 0.1) is 0 Å². The smallest absolute Gasteiger partial charge is 0.271 e. The topological polar surface area (TPSA) is 66.9 Å². The fourth-order valence-electron chi connectivity index (χ4n) is 1.59. The van der Waals surface area contributed by atoms with Gasteiger partial charge in [-0.05, 0) is 25.0 Å². The maximum atomic E-state index is 11.3. The molecule has 1 amide bonds. The minimum absolute atomic E-state index is 0.218. The zero-order chi connectivity index (χ0) is 12.7. The Kier molecular flexibility index (Phi) is 5.39. The quantitative estimate of drug-likeness (QED) is 0.790. The van der Waals surface area contributed by atoms with Gasteiger partial charge < -0.3 is 10.6 Å². The first-order chi connectivity index (χ1) is 8.21. The third-order valence-corrected chi connectivity index (χ3v) is 2.61. The Morgan fingerprint density at radius 3 is 2.59 bits per heavy atom. The second-order valence-corrected chi connectivity index (χ2v) is 3.92. The van der Waals surface area contributed by atoms with Gasteiger partial charge in [-0.3, -0.25) is 4.79 Å².